The maximum Gasteiger partial charge on any atom is 1.00 e. The van der Waals surface area contributed by atoms with Gasteiger partial charge in [-0.25, -0.2) is 0 Å². The first kappa shape index (κ1) is 54.2. The molecule has 48 valence electrons. The van der Waals surface area contributed by atoms with E-state index in [4.69, 9.17) is 18.6 Å². The summed E-state index contributed by atoms with van der Waals surface area (Å²) in [6, 6.07) is 0. The van der Waals surface area contributed by atoms with E-state index in [1.54, 1.807) is 0 Å². The van der Waals surface area contributed by atoms with Gasteiger partial charge >= 0.3 is 104 Å². The molecule has 0 N–H and O–H groups in total. The molecule has 0 atom stereocenters. The number of hydrogen-bond acceptors (Lipinski definition) is 0. The van der Waals surface area contributed by atoms with E-state index in [0.717, 1.165) is 0 Å². The molecule has 0 aromatic rings. The summed E-state index contributed by atoms with van der Waals surface area (Å²) in [7, 11) is 0. The molecule has 0 aromatic carbocycles. The van der Waals surface area contributed by atoms with Gasteiger partial charge in [0.2, 0.25) is 0 Å². The van der Waals surface area contributed by atoms with Crippen LogP contribution in [-0.2, 0) is 38.1 Å². The van der Waals surface area contributed by atoms with Crippen LogP contribution in [0.1, 0.15) is 0 Å². The predicted molar refractivity (Wildman–Crippen MR) is 15.7 cm³/mol. The Kier molecular flexibility index (Phi) is 2550. The molecule has 0 amide bonds. The summed E-state index contributed by atoms with van der Waals surface area (Å²) >= 11 is 0. The van der Waals surface area contributed by atoms with E-state index >= 15 is 0 Å². The molecule has 0 fully saturated rings. The molecule has 0 aliphatic heterocycles. The predicted octanol–water partition coefficient (Wildman–Crippen LogP) is -6.14. The second kappa shape index (κ2) is 518. The van der Waals surface area contributed by atoms with Crippen molar-refractivity contribution in [2.24, 2.45) is 0 Å². The van der Waals surface area contributed by atoms with Gasteiger partial charge in [-0.05, 0) is 0 Å². The Morgan fingerprint density at radius 2 is 0.455 bits per heavy atom. The fourth-order valence-electron chi connectivity index (χ4n) is 0. The first-order chi connectivity index (χ1) is 4.00. The van der Waals surface area contributed by atoms with Gasteiger partial charge in [-0.1, -0.05) is 0 Å². The normalized spacial score (nSPS) is 0.727. The molecule has 0 bridgehead atoms. The monoisotopic (exact) mass is 260 g/mol. The Balaban J connectivity index is -0.00000000356. The Labute approximate surface area is 122 Å². The Bertz CT molecular complexity index is 63.1. The SMILES string of the molecule is [C-]#[O+].[C-]#[O+].[C-]#[O+].[C-]#[O+].[Na+].[Na+].[Ru]. The fourth-order valence-corrected chi connectivity index (χ4v) is 0. The average molecular weight is 259 g/mol. The summed E-state index contributed by atoms with van der Waals surface area (Å²) in [6.45, 7) is 18.0. The van der Waals surface area contributed by atoms with Crippen LogP contribution < -0.4 is 59.1 Å². The van der Waals surface area contributed by atoms with Gasteiger partial charge in [0.15, 0.2) is 0 Å². The zero-order valence-corrected chi connectivity index (χ0v) is 11.7. The van der Waals surface area contributed by atoms with Crippen molar-refractivity contribution in [2.75, 3.05) is 0 Å². The van der Waals surface area contributed by atoms with Crippen molar-refractivity contribution in [3.63, 3.8) is 0 Å². The minimum absolute atomic E-state index is 0. The molecule has 0 radical (unpaired) electrons. The minimum Gasteiger partial charge on any atom is 0 e. The van der Waals surface area contributed by atoms with Crippen molar-refractivity contribution in [2.45, 2.75) is 0 Å². The van der Waals surface area contributed by atoms with E-state index in [1.807, 2.05) is 0 Å². The molecule has 0 saturated carbocycles. The van der Waals surface area contributed by atoms with Crippen LogP contribution in [-0.4, -0.2) is 0 Å². The number of hydrogen-bond donors (Lipinski definition) is 0. The second-order valence-electron chi connectivity index (χ2n) is 0. The van der Waals surface area contributed by atoms with Crippen LogP contribution in [0.5, 0.6) is 0 Å². The first-order valence-electron chi connectivity index (χ1n) is 0.816. The quantitative estimate of drug-likeness (QED) is 0.236. The van der Waals surface area contributed by atoms with Gasteiger partial charge in [0, 0.05) is 19.5 Å². The molecule has 4 nitrogen and oxygen atoms in total. The van der Waals surface area contributed by atoms with E-state index in [0.29, 0.717) is 0 Å². The third kappa shape index (κ3) is 424. The van der Waals surface area contributed by atoms with Gasteiger partial charge in [-0.2, -0.15) is 0 Å². The van der Waals surface area contributed by atoms with Gasteiger partial charge in [0.25, 0.3) is 0 Å². The van der Waals surface area contributed by atoms with Gasteiger partial charge in [-0.15, -0.1) is 0 Å². The maximum atomic E-state index is 7.50. The summed E-state index contributed by atoms with van der Waals surface area (Å²) in [4.78, 5) is 0. The largest absolute Gasteiger partial charge is 1.00 e. The second-order valence-corrected chi connectivity index (χ2v) is 0. The van der Waals surface area contributed by atoms with Gasteiger partial charge in [-0.3, -0.25) is 0 Å². The van der Waals surface area contributed by atoms with E-state index in [2.05, 4.69) is 26.6 Å². The molecule has 0 spiro atoms. The Hall–Kier alpha value is 1.58. The van der Waals surface area contributed by atoms with Crippen molar-refractivity contribution in [3.05, 3.63) is 26.6 Å². The van der Waals surface area contributed by atoms with Crippen molar-refractivity contribution in [1.29, 1.82) is 0 Å². The molecular weight excluding hydrogens is 259 g/mol. The maximum absolute atomic E-state index is 7.50. The minimum atomic E-state index is 0. The topological polar surface area (TPSA) is 79.6 Å². The third-order valence-electron chi connectivity index (χ3n) is 0. The van der Waals surface area contributed by atoms with Crippen molar-refractivity contribution < 1.29 is 97.2 Å². The van der Waals surface area contributed by atoms with Crippen LogP contribution in [0.3, 0.4) is 0 Å². The van der Waals surface area contributed by atoms with E-state index < -0.39 is 0 Å². The molecule has 0 aliphatic carbocycles. The van der Waals surface area contributed by atoms with Crippen LogP contribution in [0.4, 0.5) is 0 Å². The van der Waals surface area contributed by atoms with E-state index in [9.17, 15) is 0 Å². The molecule has 7 heteroatoms. The molecule has 0 heterocycles. The Morgan fingerprint density at radius 1 is 0.455 bits per heavy atom. The van der Waals surface area contributed by atoms with Crippen molar-refractivity contribution >= 4 is 0 Å². The number of rotatable bonds is 0. The zero-order chi connectivity index (χ0) is 8.00. The average Bonchev–Trinajstić information content (AvgIpc) is 2.03. The zero-order valence-electron chi connectivity index (χ0n) is 5.99. The summed E-state index contributed by atoms with van der Waals surface area (Å²) in [6.07, 6.45) is 0. The summed E-state index contributed by atoms with van der Waals surface area (Å²) in [5.74, 6) is 0. The Morgan fingerprint density at radius 3 is 0.455 bits per heavy atom. The molecule has 0 aromatic heterocycles. The smallest absolute Gasteiger partial charge is 0 e. The van der Waals surface area contributed by atoms with Crippen molar-refractivity contribution in [3.8, 4) is 0 Å². The van der Waals surface area contributed by atoms with Crippen LogP contribution in [0, 0.1) is 26.6 Å². The third-order valence-corrected chi connectivity index (χ3v) is 0. The van der Waals surface area contributed by atoms with Gasteiger partial charge < -0.3 is 0 Å². The molecular formula is C4Na2O4Ru+2. The van der Waals surface area contributed by atoms with Crippen molar-refractivity contribution in [1.82, 2.24) is 0 Å². The summed E-state index contributed by atoms with van der Waals surface area (Å²) in [5, 5.41) is 0. The van der Waals surface area contributed by atoms with Crippen LogP contribution in [0.25, 0.3) is 0 Å². The van der Waals surface area contributed by atoms with Crippen LogP contribution >= 0.6 is 0 Å². The summed E-state index contributed by atoms with van der Waals surface area (Å²) in [5.41, 5.74) is 0. The molecule has 0 unspecified atom stereocenters. The van der Waals surface area contributed by atoms with Crippen LogP contribution in [0.15, 0.2) is 0 Å². The van der Waals surface area contributed by atoms with E-state index in [-0.39, 0.29) is 78.6 Å². The van der Waals surface area contributed by atoms with E-state index in [1.165, 1.54) is 0 Å². The molecule has 0 aliphatic rings. The molecule has 0 saturated heterocycles. The first-order valence-corrected chi connectivity index (χ1v) is 0.816. The standard InChI is InChI=1S/4CO.2Na.Ru/c4*1-2;;;/q;;;;2*+1;. The fraction of sp³-hybridized carbons (Fsp3) is 0. The van der Waals surface area contributed by atoms with Crippen LogP contribution in [0.2, 0.25) is 0 Å². The van der Waals surface area contributed by atoms with Gasteiger partial charge in [0.05, 0.1) is 0 Å². The summed E-state index contributed by atoms with van der Waals surface area (Å²) < 4.78 is 30.0. The molecule has 0 rings (SSSR count). The van der Waals surface area contributed by atoms with Gasteiger partial charge in [0.1, 0.15) is 0 Å². The molecule has 11 heavy (non-hydrogen) atoms.